The molecule has 0 aliphatic heterocycles. The Morgan fingerprint density at radius 1 is 0.815 bits per heavy atom. The first kappa shape index (κ1) is 23.3. The van der Waals surface area contributed by atoms with E-state index in [-0.39, 0.29) is 6.03 Å². The number of rotatable bonds is 16. The minimum atomic E-state index is -0.276. The van der Waals surface area contributed by atoms with Gasteiger partial charge in [-0.2, -0.15) is 0 Å². The van der Waals surface area contributed by atoms with E-state index in [4.69, 9.17) is 5.73 Å². The molecule has 0 unspecified atom stereocenters. The second kappa shape index (κ2) is 15.4. The summed E-state index contributed by atoms with van der Waals surface area (Å²) < 4.78 is 0. The number of phenols is 1. The zero-order valence-electron chi connectivity index (χ0n) is 17.3. The van der Waals surface area contributed by atoms with E-state index in [1.165, 1.54) is 50.5 Å². The summed E-state index contributed by atoms with van der Waals surface area (Å²) >= 11 is 0. The third kappa shape index (κ3) is 12.3. The highest BCUT2D eigenvalue weighted by molar-refractivity contribution is 5.71. The lowest BCUT2D eigenvalue weighted by atomic mass is 10.1. The van der Waals surface area contributed by atoms with E-state index in [0.717, 1.165) is 51.6 Å². The molecule has 0 aliphatic carbocycles. The average Bonchev–Trinajstić information content (AvgIpc) is 2.66. The van der Waals surface area contributed by atoms with E-state index in [9.17, 15) is 9.90 Å². The summed E-state index contributed by atoms with van der Waals surface area (Å²) in [5.74, 6) is 0.321. The maximum Gasteiger partial charge on any atom is 0.314 e. The summed E-state index contributed by atoms with van der Waals surface area (Å²) in [7, 11) is 0. The number of phenolic OH excluding ortho intramolecular Hbond substituents is 1. The van der Waals surface area contributed by atoms with Crippen LogP contribution >= 0.6 is 0 Å². The van der Waals surface area contributed by atoms with Crippen molar-refractivity contribution in [3.05, 3.63) is 29.8 Å². The van der Waals surface area contributed by atoms with Crippen molar-refractivity contribution in [3.63, 3.8) is 0 Å². The first-order chi connectivity index (χ1) is 13.1. The number of aryl methyl sites for hydroxylation is 1. The summed E-state index contributed by atoms with van der Waals surface area (Å²) in [5, 5.41) is 9.29. The highest BCUT2D eigenvalue weighted by Gasteiger charge is 2.08. The van der Waals surface area contributed by atoms with Gasteiger partial charge in [0.2, 0.25) is 0 Å². The molecule has 0 heterocycles. The molecule has 0 spiro atoms. The molecule has 0 bridgehead atoms. The van der Waals surface area contributed by atoms with E-state index in [2.05, 4.69) is 6.92 Å². The van der Waals surface area contributed by atoms with Crippen molar-refractivity contribution in [2.45, 2.75) is 90.4 Å². The first-order valence-corrected chi connectivity index (χ1v) is 11.0. The Bertz CT molecular complexity index is 488. The van der Waals surface area contributed by atoms with E-state index in [1.807, 2.05) is 17.0 Å². The Kier molecular flexibility index (Phi) is 13.3. The van der Waals surface area contributed by atoms with Crippen LogP contribution in [0.25, 0.3) is 0 Å². The minimum absolute atomic E-state index is 0.276. The molecule has 2 amide bonds. The standard InChI is InChI=1S/C23H40N2O2/c1-2-3-4-5-6-7-9-12-19-25(23(24)27)20-13-10-8-11-14-21-15-17-22(26)18-16-21/h15-18,26H,2-14,19-20H2,1H3,(H2,24,27). The second-order valence-electron chi connectivity index (χ2n) is 7.63. The number of primary amides is 1. The van der Waals surface area contributed by atoms with Gasteiger partial charge in [0, 0.05) is 13.1 Å². The molecule has 4 nitrogen and oxygen atoms in total. The third-order valence-electron chi connectivity index (χ3n) is 5.17. The van der Waals surface area contributed by atoms with Crippen LogP contribution in [0.15, 0.2) is 24.3 Å². The molecule has 0 fully saturated rings. The molecule has 0 atom stereocenters. The van der Waals surface area contributed by atoms with Gasteiger partial charge < -0.3 is 15.7 Å². The van der Waals surface area contributed by atoms with Gasteiger partial charge in [-0.1, -0.05) is 76.8 Å². The molecule has 1 rings (SSSR count). The van der Waals surface area contributed by atoms with Gasteiger partial charge in [0.1, 0.15) is 5.75 Å². The highest BCUT2D eigenvalue weighted by Crippen LogP contribution is 2.13. The number of hydrogen-bond acceptors (Lipinski definition) is 2. The Hall–Kier alpha value is -1.71. The van der Waals surface area contributed by atoms with Gasteiger partial charge in [-0.25, -0.2) is 4.79 Å². The lowest BCUT2D eigenvalue weighted by molar-refractivity contribution is 0.205. The van der Waals surface area contributed by atoms with Crippen molar-refractivity contribution in [2.75, 3.05) is 13.1 Å². The molecule has 4 heteroatoms. The number of urea groups is 1. The molecule has 3 N–H and O–H groups in total. The second-order valence-corrected chi connectivity index (χ2v) is 7.63. The number of unbranched alkanes of at least 4 members (excludes halogenated alkanes) is 10. The van der Waals surface area contributed by atoms with Crippen molar-refractivity contribution in [1.82, 2.24) is 4.90 Å². The third-order valence-corrected chi connectivity index (χ3v) is 5.17. The summed E-state index contributed by atoms with van der Waals surface area (Å²) in [5.41, 5.74) is 6.79. The Morgan fingerprint density at radius 3 is 1.81 bits per heavy atom. The largest absolute Gasteiger partial charge is 0.508 e. The van der Waals surface area contributed by atoms with Crippen molar-refractivity contribution < 1.29 is 9.90 Å². The van der Waals surface area contributed by atoms with E-state index in [1.54, 1.807) is 12.1 Å². The number of amides is 2. The Morgan fingerprint density at radius 2 is 1.30 bits per heavy atom. The summed E-state index contributed by atoms with van der Waals surface area (Å²) in [4.78, 5) is 13.4. The molecule has 27 heavy (non-hydrogen) atoms. The topological polar surface area (TPSA) is 66.6 Å². The fourth-order valence-electron chi connectivity index (χ4n) is 3.42. The van der Waals surface area contributed by atoms with E-state index < -0.39 is 0 Å². The number of aromatic hydroxyl groups is 1. The fourth-order valence-corrected chi connectivity index (χ4v) is 3.42. The van der Waals surface area contributed by atoms with Gasteiger partial charge in [-0.15, -0.1) is 0 Å². The number of nitrogens with two attached hydrogens (primary N) is 1. The van der Waals surface area contributed by atoms with Gasteiger partial charge in [0.25, 0.3) is 0 Å². The van der Waals surface area contributed by atoms with Gasteiger partial charge in [-0.3, -0.25) is 0 Å². The van der Waals surface area contributed by atoms with Crippen LogP contribution < -0.4 is 5.73 Å². The van der Waals surface area contributed by atoms with Crippen molar-refractivity contribution in [3.8, 4) is 5.75 Å². The van der Waals surface area contributed by atoms with Crippen LogP contribution in [-0.2, 0) is 6.42 Å². The molecule has 1 aromatic carbocycles. The van der Waals surface area contributed by atoms with Crippen LogP contribution in [0.1, 0.15) is 89.5 Å². The number of nitrogens with zero attached hydrogens (tertiary/aromatic N) is 1. The van der Waals surface area contributed by atoms with Crippen LogP contribution in [0.5, 0.6) is 5.75 Å². The number of carbonyl (C=O) groups is 1. The molecule has 154 valence electrons. The normalized spacial score (nSPS) is 10.9. The number of hydrogen-bond donors (Lipinski definition) is 2. The zero-order chi connectivity index (χ0) is 19.7. The molecule has 0 radical (unpaired) electrons. The van der Waals surface area contributed by atoms with E-state index in [0.29, 0.717) is 5.75 Å². The molecule has 0 saturated carbocycles. The molecule has 0 aliphatic rings. The van der Waals surface area contributed by atoms with Crippen molar-refractivity contribution in [2.24, 2.45) is 5.73 Å². The van der Waals surface area contributed by atoms with Crippen LogP contribution in [-0.4, -0.2) is 29.1 Å². The number of carbonyl (C=O) groups excluding carboxylic acids is 1. The maximum atomic E-state index is 11.6. The SMILES string of the molecule is CCCCCCCCCCN(CCCCCCc1ccc(O)cc1)C(N)=O. The fraction of sp³-hybridized carbons (Fsp3) is 0.696. The monoisotopic (exact) mass is 376 g/mol. The van der Waals surface area contributed by atoms with Gasteiger partial charge in [0.05, 0.1) is 0 Å². The van der Waals surface area contributed by atoms with Crippen LogP contribution in [0.3, 0.4) is 0 Å². The van der Waals surface area contributed by atoms with Gasteiger partial charge in [0.15, 0.2) is 0 Å². The predicted molar refractivity (Wildman–Crippen MR) is 114 cm³/mol. The smallest absolute Gasteiger partial charge is 0.314 e. The van der Waals surface area contributed by atoms with Crippen LogP contribution in [0, 0.1) is 0 Å². The molecule has 1 aromatic rings. The molecular formula is C23H40N2O2. The van der Waals surface area contributed by atoms with E-state index >= 15 is 0 Å². The average molecular weight is 377 g/mol. The molecule has 0 aromatic heterocycles. The lowest BCUT2D eigenvalue weighted by Crippen LogP contribution is -2.37. The molecule has 0 saturated heterocycles. The highest BCUT2D eigenvalue weighted by atomic mass is 16.3. The predicted octanol–water partition coefficient (Wildman–Crippen LogP) is 6.02. The minimum Gasteiger partial charge on any atom is -0.508 e. The van der Waals surface area contributed by atoms with Crippen molar-refractivity contribution >= 4 is 6.03 Å². The lowest BCUT2D eigenvalue weighted by Gasteiger charge is -2.20. The first-order valence-electron chi connectivity index (χ1n) is 11.0. The summed E-state index contributed by atoms with van der Waals surface area (Å²) in [6, 6.07) is 7.17. The van der Waals surface area contributed by atoms with Crippen molar-refractivity contribution in [1.29, 1.82) is 0 Å². The summed E-state index contributed by atoms with van der Waals surface area (Å²) in [6.07, 6.45) is 15.7. The zero-order valence-corrected chi connectivity index (χ0v) is 17.3. The van der Waals surface area contributed by atoms with Crippen LogP contribution in [0.2, 0.25) is 0 Å². The molecular weight excluding hydrogens is 336 g/mol. The Labute approximate surface area is 166 Å². The van der Waals surface area contributed by atoms with Gasteiger partial charge in [-0.05, 0) is 43.4 Å². The quantitative estimate of drug-likeness (QED) is 0.347. The maximum absolute atomic E-state index is 11.6. The summed E-state index contributed by atoms with van der Waals surface area (Å²) in [6.45, 7) is 3.83. The number of benzene rings is 1. The van der Waals surface area contributed by atoms with Gasteiger partial charge >= 0.3 is 6.03 Å². The van der Waals surface area contributed by atoms with Crippen LogP contribution in [0.4, 0.5) is 4.79 Å². The Balaban J connectivity index is 2.02.